The third-order valence-corrected chi connectivity index (χ3v) is 4.62. The smallest absolute Gasteiger partial charge is 0.308 e. The maximum atomic E-state index is 11.9. The first-order valence-corrected chi connectivity index (χ1v) is 7.92. The Labute approximate surface area is 136 Å². The molecule has 3 rings (SSSR count). The van der Waals surface area contributed by atoms with Crippen LogP contribution in [0.5, 0.6) is 0 Å². The van der Waals surface area contributed by atoms with Crippen molar-refractivity contribution in [3.63, 3.8) is 0 Å². The lowest BCUT2D eigenvalue weighted by molar-refractivity contribution is -0.152. The van der Waals surface area contributed by atoms with Gasteiger partial charge in [-0.2, -0.15) is 0 Å². The van der Waals surface area contributed by atoms with E-state index in [9.17, 15) is 4.79 Å². The lowest BCUT2D eigenvalue weighted by Gasteiger charge is -2.35. The molecule has 1 N–H and O–H groups in total. The second-order valence-electron chi connectivity index (χ2n) is 5.78. The summed E-state index contributed by atoms with van der Waals surface area (Å²) in [6.07, 6.45) is 1.76. The molecule has 0 bridgehead atoms. The molecule has 1 aromatic carbocycles. The van der Waals surface area contributed by atoms with Gasteiger partial charge in [-0.3, -0.25) is 4.79 Å². The number of rotatable bonds is 3. The minimum atomic E-state index is -0.642. The number of hydrogen-bond acceptors (Lipinski definition) is 3. The Morgan fingerprint density at radius 2 is 2.30 bits per heavy atom. The van der Waals surface area contributed by atoms with Gasteiger partial charge in [0.05, 0.1) is 31.3 Å². The van der Waals surface area contributed by atoms with Crippen LogP contribution >= 0.6 is 0 Å². The molecule has 1 aliphatic heterocycles. The lowest BCUT2D eigenvalue weighted by atomic mass is 9.86. The number of nitrogens with one attached hydrogen (secondary N) is 1. The number of carbonyl (C=O) groups excluding carboxylic acids is 1. The second-order valence-corrected chi connectivity index (χ2v) is 5.78. The highest BCUT2D eigenvalue weighted by atomic mass is 16.5. The predicted molar refractivity (Wildman–Crippen MR) is 89.1 cm³/mol. The molecule has 0 saturated carbocycles. The number of ether oxygens (including phenoxy) is 2. The summed E-state index contributed by atoms with van der Waals surface area (Å²) in [5, 5.41) is 1.17. The molecule has 0 spiro atoms. The van der Waals surface area contributed by atoms with Gasteiger partial charge in [0.15, 0.2) is 0 Å². The number of esters is 1. The second kappa shape index (κ2) is 6.10. The van der Waals surface area contributed by atoms with Gasteiger partial charge in [0, 0.05) is 10.9 Å². The molecular weight excluding hydrogens is 290 g/mol. The van der Waals surface area contributed by atoms with Crippen molar-refractivity contribution < 1.29 is 14.3 Å². The summed E-state index contributed by atoms with van der Waals surface area (Å²) in [6, 6.07) is 6.14. The Morgan fingerprint density at radius 3 is 3.00 bits per heavy atom. The van der Waals surface area contributed by atoms with E-state index < -0.39 is 5.60 Å². The van der Waals surface area contributed by atoms with Crippen LogP contribution in [0.25, 0.3) is 10.9 Å². The molecule has 4 heteroatoms. The van der Waals surface area contributed by atoms with Crippen molar-refractivity contribution in [3.8, 4) is 11.8 Å². The normalized spacial score (nSPS) is 19.8. The average Bonchev–Trinajstić information content (AvgIpc) is 2.96. The summed E-state index contributed by atoms with van der Waals surface area (Å²) in [7, 11) is 1.41. The summed E-state index contributed by atoms with van der Waals surface area (Å²) in [4.78, 5) is 15.4. The van der Waals surface area contributed by atoms with Gasteiger partial charge in [-0.25, -0.2) is 0 Å². The van der Waals surface area contributed by atoms with E-state index >= 15 is 0 Å². The van der Waals surface area contributed by atoms with Crippen LogP contribution < -0.4 is 0 Å². The standard InChI is InChI=1S/C19H21NO3/c1-4-7-13-8-6-9-14-15-10-11-23-19(5-2,12-16(21)22-3)18(15)20-17(13)14/h6,8-9,20H,5,10-12H2,1-3H3. The van der Waals surface area contributed by atoms with Crippen LogP contribution in [0.4, 0.5) is 0 Å². The minimum Gasteiger partial charge on any atom is -0.469 e. The molecule has 1 aromatic heterocycles. The topological polar surface area (TPSA) is 51.3 Å². The van der Waals surface area contributed by atoms with E-state index in [0.29, 0.717) is 13.0 Å². The third kappa shape index (κ3) is 2.51. The van der Waals surface area contributed by atoms with E-state index in [0.717, 1.165) is 23.2 Å². The highest BCUT2D eigenvalue weighted by Crippen LogP contribution is 2.42. The van der Waals surface area contributed by atoms with Crippen LogP contribution in [-0.2, 0) is 26.3 Å². The Kier molecular flexibility index (Phi) is 4.14. The molecule has 1 atom stereocenters. The van der Waals surface area contributed by atoms with Crippen molar-refractivity contribution in [1.29, 1.82) is 0 Å². The number of fused-ring (bicyclic) bond motifs is 3. The van der Waals surface area contributed by atoms with Gasteiger partial charge < -0.3 is 14.5 Å². The fourth-order valence-corrected chi connectivity index (χ4v) is 3.43. The zero-order valence-corrected chi connectivity index (χ0v) is 13.8. The Bertz CT molecular complexity index is 809. The molecule has 4 nitrogen and oxygen atoms in total. The number of hydrogen-bond donors (Lipinski definition) is 1. The van der Waals surface area contributed by atoms with Crippen LogP contribution in [0.1, 0.15) is 43.5 Å². The van der Waals surface area contributed by atoms with Gasteiger partial charge in [-0.1, -0.05) is 25.0 Å². The Hall–Kier alpha value is -2.25. The molecule has 0 saturated heterocycles. The monoisotopic (exact) mass is 311 g/mol. The minimum absolute atomic E-state index is 0.217. The van der Waals surface area contributed by atoms with Crippen LogP contribution in [0.15, 0.2) is 18.2 Å². The molecule has 0 aliphatic carbocycles. The van der Waals surface area contributed by atoms with Crippen molar-refractivity contribution in [1.82, 2.24) is 4.98 Å². The zero-order chi connectivity index (χ0) is 16.4. The van der Waals surface area contributed by atoms with Crippen LogP contribution in [0, 0.1) is 11.8 Å². The van der Waals surface area contributed by atoms with E-state index in [-0.39, 0.29) is 12.4 Å². The van der Waals surface area contributed by atoms with E-state index in [1.165, 1.54) is 18.1 Å². The van der Waals surface area contributed by atoms with Gasteiger partial charge in [-0.15, -0.1) is 5.92 Å². The van der Waals surface area contributed by atoms with Gasteiger partial charge in [0.1, 0.15) is 5.60 Å². The SMILES string of the molecule is CC#Cc1cccc2c3c([nH]c12)C(CC)(CC(=O)OC)OCC3. The summed E-state index contributed by atoms with van der Waals surface area (Å²) in [6.45, 7) is 4.48. The number of aromatic nitrogens is 1. The van der Waals surface area contributed by atoms with E-state index in [4.69, 9.17) is 9.47 Å². The number of aromatic amines is 1. The fraction of sp³-hybridized carbons (Fsp3) is 0.421. The van der Waals surface area contributed by atoms with E-state index in [1.807, 2.05) is 26.0 Å². The van der Waals surface area contributed by atoms with Crippen molar-refractivity contribution >= 4 is 16.9 Å². The number of benzene rings is 1. The van der Waals surface area contributed by atoms with Crippen molar-refractivity contribution in [3.05, 3.63) is 35.0 Å². The van der Waals surface area contributed by atoms with Gasteiger partial charge in [0.25, 0.3) is 0 Å². The fourth-order valence-electron chi connectivity index (χ4n) is 3.43. The Balaban J connectivity index is 2.21. The predicted octanol–water partition coefficient (Wildman–Crippen LogP) is 3.28. The molecule has 1 unspecified atom stereocenters. The summed E-state index contributed by atoms with van der Waals surface area (Å²) < 4.78 is 11.0. The van der Waals surface area contributed by atoms with Crippen LogP contribution in [0.2, 0.25) is 0 Å². The first kappa shape index (κ1) is 15.6. The highest BCUT2D eigenvalue weighted by Gasteiger charge is 2.41. The first-order valence-electron chi connectivity index (χ1n) is 7.92. The maximum absolute atomic E-state index is 11.9. The number of methoxy groups -OCH3 is 1. The van der Waals surface area contributed by atoms with E-state index in [2.05, 4.69) is 22.9 Å². The molecule has 23 heavy (non-hydrogen) atoms. The maximum Gasteiger partial charge on any atom is 0.308 e. The largest absolute Gasteiger partial charge is 0.469 e. The molecule has 0 fully saturated rings. The molecular formula is C19H21NO3. The quantitative estimate of drug-likeness (QED) is 0.699. The number of carbonyl (C=O) groups is 1. The number of H-pyrrole nitrogens is 1. The molecule has 1 aliphatic rings. The summed E-state index contributed by atoms with van der Waals surface area (Å²) in [5.74, 6) is 5.84. The lowest BCUT2D eigenvalue weighted by Crippen LogP contribution is -2.37. The molecule has 2 heterocycles. The Morgan fingerprint density at radius 1 is 1.48 bits per heavy atom. The number of para-hydroxylation sites is 1. The van der Waals surface area contributed by atoms with Crippen molar-refractivity contribution in [2.24, 2.45) is 0 Å². The summed E-state index contributed by atoms with van der Waals surface area (Å²) >= 11 is 0. The molecule has 0 amide bonds. The van der Waals surface area contributed by atoms with Crippen molar-refractivity contribution in [2.45, 2.75) is 38.7 Å². The van der Waals surface area contributed by atoms with Gasteiger partial charge in [-0.05, 0) is 31.4 Å². The van der Waals surface area contributed by atoms with Crippen LogP contribution in [-0.4, -0.2) is 24.7 Å². The van der Waals surface area contributed by atoms with Gasteiger partial charge >= 0.3 is 5.97 Å². The zero-order valence-electron chi connectivity index (χ0n) is 13.8. The summed E-state index contributed by atoms with van der Waals surface area (Å²) in [5.41, 5.74) is 3.59. The third-order valence-electron chi connectivity index (χ3n) is 4.62. The highest BCUT2D eigenvalue weighted by molar-refractivity contribution is 5.90. The van der Waals surface area contributed by atoms with Gasteiger partial charge in [0.2, 0.25) is 0 Å². The van der Waals surface area contributed by atoms with Crippen LogP contribution in [0.3, 0.4) is 0 Å². The first-order chi connectivity index (χ1) is 11.1. The molecule has 2 aromatic rings. The molecule has 0 radical (unpaired) electrons. The van der Waals surface area contributed by atoms with Crippen molar-refractivity contribution in [2.75, 3.05) is 13.7 Å². The molecule has 120 valence electrons. The average molecular weight is 311 g/mol. The van der Waals surface area contributed by atoms with E-state index in [1.54, 1.807) is 0 Å².